The van der Waals surface area contributed by atoms with Gasteiger partial charge in [-0.2, -0.15) is 10.2 Å². The highest BCUT2D eigenvalue weighted by Crippen LogP contribution is 2.32. The zero-order valence-corrected chi connectivity index (χ0v) is 11.8. The minimum atomic E-state index is -4.01. The van der Waals surface area contributed by atoms with Gasteiger partial charge in [0.25, 0.3) is 5.04 Å². The van der Waals surface area contributed by atoms with Gasteiger partial charge in [-0.25, -0.2) is 17.9 Å². The normalized spacial score (nSPS) is 16.6. The first-order chi connectivity index (χ1) is 8.80. The molecule has 9 heteroatoms. The van der Waals surface area contributed by atoms with Crippen molar-refractivity contribution >= 4 is 26.7 Å². The van der Waals surface area contributed by atoms with Gasteiger partial charge in [0.1, 0.15) is 4.90 Å². The Morgan fingerprint density at radius 2 is 2.05 bits per heavy atom. The number of methoxy groups -OCH3 is 1. The number of esters is 1. The van der Waals surface area contributed by atoms with Gasteiger partial charge in [0.2, 0.25) is 9.84 Å². The maximum Gasteiger partial charge on any atom is 0.370 e. The summed E-state index contributed by atoms with van der Waals surface area (Å²) in [5, 5.41) is 7.09. The first-order valence-corrected chi connectivity index (χ1v) is 7.05. The van der Waals surface area contributed by atoms with E-state index < -0.39 is 20.9 Å². The smallest absolute Gasteiger partial charge is 0.370 e. The highest BCUT2D eigenvalue weighted by molar-refractivity contribution is 8.08. The van der Waals surface area contributed by atoms with E-state index in [2.05, 4.69) is 20.4 Å². The number of carbonyl (C=O) groups excluding carboxylic acids is 1. The summed E-state index contributed by atoms with van der Waals surface area (Å²) in [5.74, 6) is -0.741. The lowest BCUT2D eigenvalue weighted by Crippen LogP contribution is -2.31. The Balaban J connectivity index is 2.66. The van der Waals surface area contributed by atoms with Crippen molar-refractivity contribution in [2.75, 3.05) is 12.5 Å². The van der Waals surface area contributed by atoms with Gasteiger partial charge >= 0.3 is 5.97 Å². The largest absolute Gasteiger partial charge is 0.464 e. The van der Waals surface area contributed by atoms with Gasteiger partial charge in [0.15, 0.2) is 5.82 Å². The van der Waals surface area contributed by atoms with E-state index in [1.165, 1.54) is 4.68 Å². The maximum absolute atomic E-state index is 12.3. The molecule has 0 aliphatic carbocycles. The summed E-state index contributed by atoms with van der Waals surface area (Å²) in [7, 11) is -2.91. The summed E-state index contributed by atoms with van der Waals surface area (Å²) in [6, 6.07) is -0.0416. The first kappa shape index (κ1) is 13.5. The lowest BCUT2D eigenvalue weighted by molar-refractivity contribution is -0.132. The average Bonchev–Trinajstić information content (AvgIpc) is 2.67. The molecule has 1 aliphatic rings. The molecule has 1 aliphatic heterocycles. The van der Waals surface area contributed by atoms with Gasteiger partial charge < -0.3 is 4.74 Å². The van der Waals surface area contributed by atoms with E-state index in [0.717, 1.165) is 7.11 Å². The summed E-state index contributed by atoms with van der Waals surface area (Å²) in [6.07, 6.45) is 0. The van der Waals surface area contributed by atoms with Crippen LogP contribution in [0.5, 0.6) is 0 Å². The number of hydrazone groups is 1. The van der Waals surface area contributed by atoms with Crippen LogP contribution in [0.15, 0.2) is 10.00 Å². The molecule has 8 nitrogen and oxygen atoms in total. The number of anilines is 1. The van der Waals surface area contributed by atoms with Gasteiger partial charge in [0.05, 0.1) is 12.8 Å². The SMILES string of the molecule is COC(=O)C1=NNc2c(c(C)nn2C(C)C)S1(=O)=O. The van der Waals surface area contributed by atoms with E-state index in [1.807, 2.05) is 13.8 Å². The van der Waals surface area contributed by atoms with E-state index in [0.29, 0.717) is 5.69 Å². The minimum absolute atomic E-state index is 0.0309. The summed E-state index contributed by atoms with van der Waals surface area (Å²) < 4.78 is 30.6. The van der Waals surface area contributed by atoms with Crippen molar-refractivity contribution in [3.63, 3.8) is 0 Å². The number of nitrogens with zero attached hydrogens (tertiary/aromatic N) is 3. The molecule has 1 aromatic heterocycles. The summed E-state index contributed by atoms with van der Waals surface area (Å²) in [5.41, 5.74) is 2.88. The predicted octanol–water partition coefficient (Wildman–Crippen LogP) is 0.458. The van der Waals surface area contributed by atoms with Gasteiger partial charge in [0, 0.05) is 6.04 Å². The van der Waals surface area contributed by atoms with Crippen molar-refractivity contribution in [1.82, 2.24) is 9.78 Å². The van der Waals surface area contributed by atoms with Gasteiger partial charge in [-0.15, -0.1) is 0 Å². The number of nitrogens with one attached hydrogen (secondary N) is 1. The average molecular weight is 286 g/mol. The maximum atomic E-state index is 12.3. The zero-order valence-electron chi connectivity index (χ0n) is 11.0. The molecule has 0 saturated carbocycles. The highest BCUT2D eigenvalue weighted by atomic mass is 32.2. The third-order valence-corrected chi connectivity index (χ3v) is 4.46. The molecule has 1 aromatic rings. The molecule has 0 aromatic carbocycles. The molecule has 2 rings (SSSR count). The lowest BCUT2D eigenvalue weighted by atomic mass is 10.4. The van der Waals surface area contributed by atoms with Crippen molar-refractivity contribution in [1.29, 1.82) is 0 Å². The van der Waals surface area contributed by atoms with Crippen LogP contribution >= 0.6 is 0 Å². The Bertz CT molecular complexity index is 672. The van der Waals surface area contributed by atoms with Crippen LogP contribution in [0.3, 0.4) is 0 Å². The third kappa shape index (κ3) is 1.89. The van der Waals surface area contributed by atoms with Crippen molar-refractivity contribution in [3.05, 3.63) is 5.69 Å². The molecule has 1 N–H and O–H groups in total. The van der Waals surface area contributed by atoms with Gasteiger partial charge in [-0.05, 0) is 20.8 Å². The quantitative estimate of drug-likeness (QED) is 0.792. The Kier molecular flexibility index (Phi) is 3.09. The van der Waals surface area contributed by atoms with E-state index in [9.17, 15) is 13.2 Å². The molecule has 0 fully saturated rings. The molecule has 2 heterocycles. The Hall–Kier alpha value is -1.90. The van der Waals surface area contributed by atoms with Crippen LogP contribution in [0.4, 0.5) is 5.82 Å². The second-order valence-corrected chi connectivity index (χ2v) is 6.13. The Morgan fingerprint density at radius 3 is 2.58 bits per heavy atom. The summed E-state index contributed by atoms with van der Waals surface area (Å²) >= 11 is 0. The molecule has 0 amide bonds. The van der Waals surface area contributed by atoms with E-state index in [-0.39, 0.29) is 16.8 Å². The molecular weight excluding hydrogens is 272 g/mol. The van der Waals surface area contributed by atoms with Crippen molar-refractivity contribution in [3.8, 4) is 0 Å². The second-order valence-electron chi connectivity index (χ2n) is 4.33. The molecule has 0 radical (unpaired) electrons. The fourth-order valence-electron chi connectivity index (χ4n) is 1.83. The van der Waals surface area contributed by atoms with Crippen LogP contribution in [0.25, 0.3) is 0 Å². The second kappa shape index (κ2) is 4.34. The molecular formula is C10H14N4O4S. The minimum Gasteiger partial charge on any atom is -0.464 e. The Morgan fingerprint density at radius 1 is 1.42 bits per heavy atom. The lowest BCUT2D eigenvalue weighted by Gasteiger charge is -2.16. The highest BCUT2D eigenvalue weighted by Gasteiger charge is 2.39. The molecule has 0 spiro atoms. The van der Waals surface area contributed by atoms with E-state index in [1.54, 1.807) is 6.92 Å². The van der Waals surface area contributed by atoms with Crippen LogP contribution in [0, 0.1) is 6.92 Å². The predicted molar refractivity (Wildman–Crippen MR) is 67.6 cm³/mol. The van der Waals surface area contributed by atoms with Crippen molar-refractivity contribution in [2.24, 2.45) is 5.10 Å². The van der Waals surface area contributed by atoms with Gasteiger partial charge in [-0.3, -0.25) is 5.43 Å². The third-order valence-electron chi connectivity index (χ3n) is 2.67. The van der Waals surface area contributed by atoms with Gasteiger partial charge in [-0.1, -0.05) is 0 Å². The van der Waals surface area contributed by atoms with Crippen LogP contribution in [-0.2, 0) is 19.4 Å². The number of carbonyl (C=O) groups is 1. The fourth-order valence-corrected chi connectivity index (χ4v) is 3.32. The fraction of sp³-hybridized carbons (Fsp3) is 0.500. The van der Waals surface area contributed by atoms with Crippen molar-refractivity contribution < 1.29 is 17.9 Å². The first-order valence-electron chi connectivity index (χ1n) is 5.57. The number of hydrogen-bond donors (Lipinski definition) is 1. The van der Waals surface area contributed by atoms with E-state index >= 15 is 0 Å². The zero-order chi connectivity index (χ0) is 14.4. The number of hydrogen-bond acceptors (Lipinski definition) is 7. The standard InChI is InChI=1S/C10H14N4O4S/c1-5(2)14-8-7(6(3)13-14)19(16,17)9(12-11-8)10(15)18-4/h5,11H,1-4H3. The molecule has 0 atom stereocenters. The number of sulfone groups is 1. The molecule has 19 heavy (non-hydrogen) atoms. The molecule has 0 unspecified atom stereocenters. The number of fused-ring (bicyclic) bond motifs is 1. The Labute approximate surface area is 110 Å². The number of aromatic nitrogens is 2. The summed E-state index contributed by atoms with van der Waals surface area (Å²) in [6.45, 7) is 5.29. The molecule has 104 valence electrons. The molecule has 0 bridgehead atoms. The van der Waals surface area contributed by atoms with Crippen LogP contribution in [-0.4, -0.2) is 36.3 Å². The van der Waals surface area contributed by atoms with Crippen LogP contribution in [0.1, 0.15) is 25.6 Å². The summed E-state index contributed by atoms with van der Waals surface area (Å²) in [4.78, 5) is 11.4. The van der Waals surface area contributed by atoms with Crippen LogP contribution in [0.2, 0.25) is 0 Å². The monoisotopic (exact) mass is 286 g/mol. The van der Waals surface area contributed by atoms with Crippen molar-refractivity contribution in [2.45, 2.75) is 31.7 Å². The van der Waals surface area contributed by atoms with Crippen LogP contribution < -0.4 is 5.43 Å². The topological polar surface area (TPSA) is 103 Å². The molecule has 0 saturated heterocycles. The number of ether oxygens (including phenoxy) is 1. The number of rotatable bonds is 2. The van der Waals surface area contributed by atoms with E-state index in [4.69, 9.17) is 0 Å². The number of aryl methyl sites for hydroxylation is 1.